The molecular formula is C23H31Cl2N5O3. The summed E-state index contributed by atoms with van der Waals surface area (Å²) in [5.41, 5.74) is 8.09. The molecule has 8 nitrogen and oxygen atoms in total. The van der Waals surface area contributed by atoms with E-state index in [1.54, 1.807) is 38.3 Å². The van der Waals surface area contributed by atoms with Crippen LogP contribution >= 0.6 is 24.8 Å². The summed E-state index contributed by atoms with van der Waals surface area (Å²) < 4.78 is 5.28. The van der Waals surface area contributed by atoms with Gasteiger partial charge in [0.1, 0.15) is 17.6 Å². The topological polar surface area (TPSA) is 129 Å². The first-order chi connectivity index (χ1) is 14.9. The van der Waals surface area contributed by atoms with E-state index in [2.05, 4.69) is 16.0 Å². The van der Waals surface area contributed by atoms with Gasteiger partial charge < -0.3 is 26.4 Å². The first kappa shape index (κ1) is 28.2. The summed E-state index contributed by atoms with van der Waals surface area (Å²) in [6, 6.07) is 14.0. The fraction of sp³-hybridized carbons (Fsp3) is 0.348. The highest BCUT2D eigenvalue weighted by Crippen LogP contribution is 2.28. The first-order valence-corrected chi connectivity index (χ1v) is 10.3. The Balaban J connectivity index is 0.00000272. The molecule has 33 heavy (non-hydrogen) atoms. The summed E-state index contributed by atoms with van der Waals surface area (Å²) >= 11 is 0. The molecule has 3 rings (SSSR count). The molecule has 0 aromatic heterocycles. The first-order valence-electron chi connectivity index (χ1n) is 10.3. The molecule has 6 N–H and O–H groups in total. The highest BCUT2D eigenvalue weighted by atomic mass is 35.5. The summed E-state index contributed by atoms with van der Waals surface area (Å²) in [4.78, 5) is 25.0. The third-order valence-electron chi connectivity index (χ3n) is 5.50. The summed E-state index contributed by atoms with van der Waals surface area (Å²) in [7, 11) is 1.63. The van der Waals surface area contributed by atoms with Gasteiger partial charge in [-0.1, -0.05) is 36.4 Å². The lowest BCUT2D eigenvalue weighted by atomic mass is 9.96. The minimum Gasteiger partial charge on any atom is -0.497 e. The normalized spacial score (nSPS) is 17.6. The van der Waals surface area contributed by atoms with Crippen LogP contribution in [0.1, 0.15) is 36.0 Å². The van der Waals surface area contributed by atoms with E-state index < -0.39 is 6.04 Å². The quantitative estimate of drug-likeness (QED) is 0.282. The molecule has 1 heterocycles. The Morgan fingerprint density at radius 2 is 1.91 bits per heavy atom. The Morgan fingerprint density at radius 1 is 1.21 bits per heavy atom. The Kier molecular flexibility index (Phi) is 11.1. The molecule has 3 atom stereocenters. The molecular weight excluding hydrogens is 465 g/mol. The van der Waals surface area contributed by atoms with Crippen LogP contribution in [0, 0.1) is 5.41 Å². The van der Waals surface area contributed by atoms with E-state index in [1.165, 1.54) is 0 Å². The van der Waals surface area contributed by atoms with Crippen LogP contribution in [-0.4, -0.2) is 43.4 Å². The van der Waals surface area contributed by atoms with Crippen molar-refractivity contribution in [2.75, 3.05) is 13.7 Å². The zero-order chi connectivity index (χ0) is 22.4. The molecule has 2 aromatic rings. The SMILES string of the molecule is COc1cccc([C@H]2CN[C@@H](C(=O)N[C@@H](C)C(=O)NCc3ccc(C(=N)N)cc3)C2)c1.Cl.Cl. The Labute approximate surface area is 206 Å². The molecule has 0 spiro atoms. The standard InChI is InChI=1S/C23H29N5O3.2ClH/c1-14(22(29)27-12-15-6-8-16(9-7-15)21(24)25)28-23(30)20-11-18(13-26-20)17-4-3-5-19(10-17)31-2;;/h3-10,14,18,20,26H,11-13H2,1-2H3,(H3,24,25)(H,27,29)(H,28,30);2*1H/t14-,18+,20+;;/m0../s1. The van der Waals surface area contributed by atoms with Gasteiger partial charge in [0, 0.05) is 18.7 Å². The lowest BCUT2D eigenvalue weighted by Crippen LogP contribution is -2.49. The second-order valence-corrected chi connectivity index (χ2v) is 7.73. The van der Waals surface area contributed by atoms with Gasteiger partial charge in [0.15, 0.2) is 0 Å². The highest BCUT2D eigenvalue weighted by molar-refractivity contribution is 5.95. The lowest BCUT2D eigenvalue weighted by Gasteiger charge is -2.17. The van der Waals surface area contributed by atoms with Crippen LogP contribution in [0.25, 0.3) is 0 Å². The van der Waals surface area contributed by atoms with Gasteiger partial charge in [-0.3, -0.25) is 15.0 Å². The Morgan fingerprint density at radius 3 is 2.55 bits per heavy atom. The van der Waals surface area contributed by atoms with Crippen LogP contribution in [0.2, 0.25) is 0 Å². The number of benzene rings is 2. The van der Waals surface area contributed by atoms with Crippen LogP contribution in [-0.2, 0) is 16.1 Å². The van der Waals surface area contributed by atoms with Crippen molar-refractivity contribution in [3.63, 3.8) is 0 Å². The summed E-state index contributed by atoms with van der Waals surface area (Å²) in [6.45, 7) is 2.69. The van der Waals surface area contributed by atoms with E-state index in [0.717, 1.165) is 16.9 Å². The lowest BCUT2D eigenvalue weighted by molar-refractivity contribution is -0.129. The van der Waals surface area contributed by atoms with Crippen molar-refractivity contribution in [2.24, 2.45) is 5.73 Å². The van der Waals surface area contributed by atoms with E-state index in [4.69, 9.17) is 15.9 Å². The van der Waals surface area contributed by atoms with Gasteiger partial charge in [-0.2, -0.15) is 0 Å². The number of carbonyl (C=O) groups is 2. The minimum atomic E-state index is -0.651. The van der Waals surface area contributed by atoms with Gasteiger partial charge in [0.25, 0.3) is 0 Å². The molecule has 1 saturated heterocycles. The van der Waals surface area contributed by atoms with Crippen LogP contribution in [0.3, 0.4) is 0 Å². The van der Waals surface area contributed by atoms with Crippen molar-refractivity contribution in [2.45, 2.75) is 37.9 Å². The number of carbonyl (C=O) groups excluding carboxylic acids is 2. The molecule has 1 aliphatic rings. The maximum absolute atomic E-state index is 12.6. The number of nitrogens with one attached hydrogen (secondary N) is 4. The Bertz CT molecular complexity index is 955. The smallest absolute Gasteiger partial charge is 0.242 e. The average Bonchev–Trinajstić information content (AvgIpc) is 3.28. The summed E-state index contributed by atoms with van der Waals surface area (Å²) in [5.74, 6) is 0.575. The van der Waals surface area contributed by atoms with Crippen LogP contribution in [0.4, 0.5) is 0 Å². The van der Waals surface area contributed by atoms with E-state index in [-0.39, 0.29) is 54.4 Å². The van der Waals surface area contributed by atoms with Crippen LogP contribution in [0.15, 0.2) is 48.5 Å². The molecule has 10 heteroatoms. The minimum absolute atomic E-state index is 0. The molecule has 1 aliphatic heterocycles. The molecule has 0 aliphatic carbocycles. The second-order valence-electron chi connectivity index (χ2n) is 7.73. The van der Waals surface area contributed by atoms with Crippen molar-refractivity contribution in [3.8, 4) is 5.75 Å². The Hall–Kier alpha value is -2.81. The molecule has 180 valence electrons. The van der Waals surface area contributed by atoms with Crippen molar-refractivity contribution < 1.29 is 14.3 Å². The van der Waals surface area contributed by atoms with Crippen LogP contribution in [0.5, 0.6) is 5.75 Å². The van der Waals surface area contributed by atoms with Crippen molar-refractivity contribution in [1.82, 2.24) is 16.0 Å². The molecule has 2 aromatic carbocycles. The van der Waals surface area contributed by atoms with Crippen LogP contribution < -0.4 is 26.4 Å². The van der Waals surface area contributed by atoms with Gasteiger partial charge in [-0.05, 0) is 42.5 Å². The van der Waals surface area contributed by atoms with Gasteiger partial charge in [0.2, 0.25) is 11.8 Å². The molecule has 0 saturated carbocycles. The predicted molar refractivity (Wildman–Crippen MR) is 134 cm³/mol. The third kappa shape index (κ3) is 7.63. The number of nitrogens with two attached hydrogens (primary N) is 1. The molecule has 2 amide bonds. The zero-order valence-electron chi connectivity index (χ0n) is 18.6. The van der Waals surface area contributed by atoms with Gasteiger partial charge in [-0.15, -0.1) is 24.8 Å². The van der Waals surface area contributed by atoms with Gasteiger partial charge >= 0.3 is 0 Å². The summed E-state index contributed by atoms with van der Waals surface area (Å²) in [5, 5.41) is 16.3. The number of amides is 2. The number of hydrogen-bond acceptors (Lipinski definition) is 5. The number of methoxy groups -OCH3 is 1. The fourth-order valence-corrected chi connectivity index (χ4v) is 3.61. The fourth-order valence-electron chi connectivity index (χ4n) is 3.61. The van der Waals surface area contributed by atoms with E-state index >= 15 is 0 Å². The van der Waals surface area contributed by atoms with Crippen molar-refractivity contribution >= 4 is 42.5 Å². The van der Waals surface area contributed by atoms with E-state index in [9.17, 15) is 9.59 Å². The van der Waals surface area contributed by atoms with Crippen molar-refractivity contribution in [3.05, 3.63) is 65.2 Å². The molecule has 0 radical (unpaired) electrons. The highest BCUT2D eigenvalue weighted by Gasteiger charge is 2.31. The molecule has 0 unspecified atom stereocenters. The predicted octanol–water partition coefficient (Wildman–Crippen LogP) is 2.09. The number of amidine groups is 1. The maximum atomic E-state index is 12.6. The molecule has 0 bridgehead atoms. The van der Waals surface area contributed by atoms with Gasteiger partial charge in [0.05, 0.1) is 13.2 Å². The molecule has 1 fully saturated rings. The number of ether oxygens (including phenoxy) is 1. The van der Waals surface area contributed by atoms with E-state index in [1.807, 2.05) is 24.3 Å². The van der Waals surface area contributed by atoms with E-state index in [0.29, 0.717) is 25.1 Å². The largest absolute Gasteiger partial charge is 0.497 e. The van der Waals surface area contributed by atoms with Gasteiger partial charge in [-0.25, -0.2) is 0 Å². The number of halogens is 2. The summed E-state index contributed by atoms with van der Waals surface area (Å²) in [6.07, 6.45) is 0.663. The number of rotatable bonds is 8. The third-order valence-corrected chi connectivity index (χ3v) is 5.50. The number of hydrogen-bond donors (Lipinski definition) is 5. The average molecular weight is 496 g/mol. The second kappa shape index (κ2) is 13.0. The maximum Gasteiger partial charge on any atom is 0.242 e. The van der Waals surface area contributed by atoms with Crippen molar-refractivity contribution in [1.29, 1.82) is 5.41 Å². The monoisotopic (exact) mass is 495 g/mol. The zero-order valence-corrected chi connectivity index (χ0v) is 20.2. The number of nitrogen functional groups attached to an aromatic ring is 1.